The van der Waals surface area contributed by atoms with Crippen LogP contribution in [0.1, 0.15) is 76.3 Å². The van der Waals surface area contributed by atoms with Gasteiger partial charge in [0.15, 0.2) is 0 Å². The van der Waals surface area contributed by atoms with Gasteiger partial charge in [-0.25, -0.2) is 4.79 Å². The van der Waals surface area contributed by atoms with Crippen molar-refractivity contribution < 1.29 is 24.5 Å². The Labute approximate surface area is 243 Å². The number of carboxylic acid groups (broad SMARTS) is 1. The van der Waals surface area contributed by atoms with E-state index in [4.69, 9.17) is 9.84 Å². The van der Waals surface area contributed by atoms with Gasteiger partial charge in [-0.2, -0.15) is 0 Å². The normalized spacial score (nSPS) is 23.3. The number of nitrogens with one attached hydrogen (secondary N) is 2. The maximum absolute atomic E-state index is 12.4. The lowest BCUT2D eigenvalue weighted by Crippen LogP contribution is -2.47. The molecular formula is C34H44N2O5. The zero-order valence-electron chi connectivity index (χ0n) is 24.3. The second kappa shape index (κ2) is 13.0. The van der Waals surface area contributed by atoms with Gasteiger partial charge >= 0.3 is 6.09 Å². The number of ether oxygens (including phenoxy) is 1. The molecule has 0 aliphatic heterocycles. The second-order valence-corrected chi connectivity index (χ2v) is 12.7. The molecular weight excluding hydrogens is 516 g/mol. The van der Waals surface area contributed by atoms with Crippen LogP contribution in [0.2, 0.25) is 0 Å². The number of hydrogen-bond acceptors (Lipinski definition) is 4. The topological polar surface area (TPSA) is 108 Å². The van der Waals surface area contributed by atoms with Gasteiger partial charge in [0.2, 0.25) is 5.91 Å². The molecule has 1 atom stereocenters. The van der Waals surface area contributed by atoms with Crippen LogP contribution in [0.3, 0.4) is 0 Å². The van der Waals surface area contributed by atoms with E-state index in [0.717, 1.165) is 30.4 Å². The highest BCUT2D eigenvalue weighted by atomic mass is 16.5. The van der Waals surface area contributed by atoms with Gasteiger partial charge in [0.1, 0.15) is 17.5 Å². The Kier molecular flexibility index (Phi) is 9.21. The Hall–Kier alpha value is -3.48. The Morgan fingerprint density at radius 3 is 2.02 bits per heavy atom. The molecule has 4 aliphatic rings. The molecule has 4 saturated carbocycles. The highest BCUT2D eigenvalue weighted by Gasteiger charge is 2.46. The van der Waals surface area contributed by atoms with Crippen molar-refractivity contribution in [3.05, 3.63) is 65.2 Å². The van der Waals surface area contributed by atoms with E-state index in [0.29, 0.717) is 37.2 Å². The molecule has 4 aliphatic carbocycles. The molecule has 2 aromatic carbocycles. The van der Waals surface area contributed by atoms with Crippen LogP contribution in [0.4, 0.5) is 4.79 Å². The lowest BCUT2D eigenvalue weighted by molar-refractivity contribution is -0.123. The minimum absolute atomic E-state index is 0.207. The first-order valence-electron chi connectivity index (χ1n) is 15.3. The average molecular weight is 561 g/mol. The summed E-state index contributed by atoms with van der Waals surface area (Å²) in [5.41, 5.74) is 5.36. The summed E-state index contributed by atoms with van der Waals surface area (Å²) in [7, 11) is 0. The van der Waals surface area contributed by atoms with Gasteiger partial charge in [0, 0.05) is 6.54 Å². The van der Waals surface area contributed by atoms with Crippen LogP contribution in [0.25, 0.3) is 5.57 Å². The molecule has 0 radical (unpaired) electrons. The first kappa shape index (κ1) is 29.0. The third-order valence-electron chi connectivity index (χ3n) is 9.07. The molecule has 7 nitrogen and oxygen atoms in total. The molecule has 6 rings (SSSR count). The number of amides is 2. The smallest absolute Gasteiger partial charge is 0.405 e. The van der Waals surface area contributed by atoms with Gasteiger partial charge in [-0.1, -0.05) is 43.7 Å². The number of phenols is 1. The molecule has 2 amide bonds. The molecule has 1 unspecified atom stereocenters. The van der Waals surface area contributed by atoms with E-state index < -0.39 is 12.1 Å². The second-order valence-electron chi connectivity index (χ2n) is 12.7. The molecule has 0 spiro atoms. The van der Waals surface area contributed by atoms with E-state index in [1.807, 2.05) is 26.0 Å². The molecule has 4 bridgehead atoms. The van der Waals surface area contributed by atoms with Gasteiger partial charge in [-0.3, -0.25) is 4.79 Å². The fourth-order valence-electron chi connectivity index (χ4n) is 7.55. The molecule has 0 heterocycles. The summed E-state index contributed by atoms with van der Waals surface area (Å²) < 4.78 is 6.01. The Balaban J connectivity index is 1.18. The van der Waals surface area contributed by atoms with Crippen molar-refractivity contribution in [2.24, 2.45) is 29.6 Å². The molecule has 7 heteroatoms. The summed E-state index contributed by atoms with van der Waals surface area (Å²) in [4.78, 5) is 23.4. The maximum Gasteiger partial charge on any atom is 0.405 e. The van der Waals surface area contributed by atoms with Crippen molar-refractivity contribution in [2.45, 2.75) is 71.3 Å². The average Bonchev–Trinajstić information content (AvgIpc) is 2.92. The number of allylic oxidation sites excluding steroid dienone is 1. The van der Waals surface area contributed by atoms with E-state index in [2.05, 4.69) is 34.9 Å². The van der Waals surface area contributed by atoms with Gasteiger partial charge in [-0.05, 0) is 122 Å². The van der Waals surface area contributed by atoms with Crippen molar-refractivity contribution in [1.29, 1.82) is 0 Å². The third kappa shape index (κ3) is 7.24. The predicted molar refractivity (Wildman–Crippen MR) is 160 cm³/mol. The number of phenolic OH excluding ortho intramolecular Hbond substituents is 1. The lowest BCUT2D eigenvalue weighted by atomic mass is 9.53. The van der Waals surface area contributed by atoms with Crippen LogP contribution in [0.15, 0.2) is 54.1 Å². The minimum Gasteiger partial charge on any atom is -0.508 e. The predicted octanol–water partition coefficient (Wildman–Crippen LogP) is 6.61. The number of unbranched alkanes of at least 4 members (excludes halogenated alkanes) is 1. The third-order valence-corrected chi connectivity index (χ3v) is 9.07. The fourth-order valence-corrected chi connectivity index (χ4v) is 7.55. The van der Waals surface area contributed by atoms with E-state index in [1.165, 1.54) is 48.8 Å². The summed E-state index contributed by atoms with van der Waals surface area (Å²) >= 11 is 0. The van der Waals surface area contributed by atoms with Crippen molar-refractivity contribution in [3.63, 3.8) is 0 Å². The van der Waals surface area contributed by atoms with Gasteiger partial charge < -0.3 is 25.6 Å². The first-order valence-corrected chi connectivity index (χ1v) is 15.3. The van der Waals surface area contributed by atoms with Gasteiger partial charge in [-0.15, -0.1) is 0 Å². The van der Waals surface area contributed by atoms with Crippen molar-refractivity contribution in [1.82, 2.24) is 10.6 Å². The van der Waals surface area contributed by atoms with E-state index in [-0.39, 0.29) is 11.8 Å². The minimum atomic E-state index is -1.19. The zero-order valence-corrected chi connectivity index (χ0v) is 24.3. The molecule has 4 fully saturated rings. The largest absolute Gasteiger partial charge is 0.508 e. The summed E-state index contributed by atoms with van der Waals surface area (Å²) in [5.74, 6) is 4.18. The maximum atomic E-state index is 12.4. The van der Waals surface area contributed by atoms with Crippen LogP contribution in [-0.2, 0) is 4.79 Å². The van der Waals surface area contributed by atoms with E-state index in [9.17, 15) is 14.7 Å². The molecule has 0 saturated heterocycles. The molecule has 0 aromatic heterocycles. The Bertz CT molecular complexity index is 1200. The summed E-state index contributed by atoms with van der Waals surface area (Å²) in [6.07, 6.45) is 7.50. The van der Waals surface area contributed by atoms with Gasteiger partial charge in [0.25, 0.3) is 0 Å². The first-order chi connectivity index (χ1) is 19.8. The lowest BCUT2D eigenvalue weighted by Gasteiger charge is -2.52. The Morgan fingerprint density at radius 2 is 1.46 bits per heavy atom. The van der Waals surface area contributed by atoms with E-state index >= 15 is 0 Å². The van der Waals surface area contributed by atoms with Crippen LogP contribution < -0.4 is 15.4 Å². The van der Waals surface area contributed by atoms with Crippen molar-refractivity contribution in [3.8, 4) is 11.5 Å². The number of carbonyl (C=O) groups is 2. The SMILES string of the molecule is CC(C)CC(NC(=O)O)C(=O)NCCCCOc1ccc(C(=C2C3CC4CC(C3)CC2C4)c2ccc(O)cc2)cc1. The molecule has 4 N–H and O–H groups in total. The zero-order chi connectivity index (χ0) is 28.9. The van der Waals surface area contributed by atoms with Crippen LogP contribution in [0.5, 0.6) is 11.5 Å². The standard InChI is InChI=1S/C34H44N2O5/c1-21(2)15-30(36-34(39)40)33(38)35-13-3-4-14-41-29-11-7-25(8-12-29)31(24-5-9-28(37)10-6-24)32-26-17-22-16-23(19-26)20-27(32)18-22/h5-12,21-23,26-27,30,36-37H,3-4,13-20H2,1-2H3,(H,35,38)(H,39,40). The molecule has 2 aromatic rings. The highest BCUT2D eigenvalue weighted by molar-refractivity contribution is 5.85. The number of aromatic hydroxyl groups is 1. The number of rotatable bonds is 12. The van der Waals surface area contributed by atoms with Crippen LogP contribution in [0, 0.1) is 29.6 Å². The number of hydrogen-bond donors (Lipinski definition) is 4. The van der Waals surface area contributed by atoms with E-state index in [1.54, 1.807) is 17.7 Å². The van der Waals surface area contributed by atoms with Crippen LogP contribution >= 0.6 is 0 Å². The number of carbonyl (C=O) groups excluding carboxylic acids is 1. The highest BCUT2D eigenvalue weighted by Crippen LogP contribution is 2.58. The quantitative estimate of drug-likeness (QED) is 0.219. The summed E-state index contributed by atoms with van der Waals surface area (Å²) in [6, 6.07) is 15.4. The van der Waals surface area contributed by atoms with Crippen molar-refractivity contribution in [2.75, 3.05) is 13.2 Å². The number of benzene rings is 2. The summed E-state index contributed by atoms with van der Waals surface area (Å²) in [6.45, 7) is 4.94. The van der Waals surface area contributed by atoms with Gasteiger partial charge in [0.05, 0.1) is 6.61 Å². The Morgan fingerprint density at radius 1 is 0.878 bits per heavy atom. The monoisotopic (exact) mass is 560 g/mol. The van der Waals surface area contributed by atoms with Crippen molar-refractivity contribution >= 4 is 17.6 Å². The fraction of sp³-hybridized carbons (Fsp3) is 0.529. The summed E-state index contributed by atoms with van der Waals surface area (Å²) in [5, 5.41) is 24.1. The molecule has 41 heavy (non-hydrogen) atoms. The van der Waals surface area contributed by atoms with Crippen LogP contribution in [-0.4, -0.2) is 41.4 Å². The molecule has 220 valence electrons.